The summed E-state index contributed by atoms with van der Waals surface area (Å²) in [4.78, 5) is 14.9. The van der Waals surface area contributed by atoms with E-state index >= 15 is 0 Å². The van der Waals surface area contributed by atoms with Gasteiger partial charge in [0.05, 0.1) is 0 Å². The van der Waals surface area contributed by atoms with Gasteiger partial charge in [-0.2, -0.15) is 0 Å². The monoisotopic (exact) mass is 381 g/mol. The van der Waals surface area contributed by atoms with Gasteiger partial charge >= 0.3 is 6.09 Å². The summed E-state index contributed by atoms with van der Waals surface area (Å²) in [6.07, 6.45) is 4.22. The van der Waals surface area contributed by atoms with Crippen LogP contribution in [0.4, 0.5) is 4.79 Å². The van der Waals surface area contributed by atoms with Gasteiger partial charge in [-0.3, -0.25) is 0 Å². The van der Waals surface area contributed by atoms with Crippen LogP contribution in [0.15, 0.2) is 48.5 Å². The average molecular weight is 382 g/mol. The van der Waals surface area contributed by atoms with Gasteiger partial charge in [0.1, 0.15) is 11.4 Å². The molecule has 0 aromatic heterocycles. The molecule has 1 unspecified atom stereocenters. The zero-order chi connectivity index (χ0) is 20.1. The molecular formula is C24H31NO3. The van der Waals surface area contributed by atoms with Crippen molar-refractivity contribution in [3.05, 3.63) is 65.2 Å². The van der Waals surface area contributed by atoms with E-state index in [1.165, 1.54) is 16.7 Å². The van der Waals surface area contributed by atoms with E-state index in [1.54, 1.807) is 6.07 Å². The average Bonchev–Trinajstić information content (AvgIpc) is 2.83. The van der Waals surface area contributed by atoms with Crippen LogP contribution in [-0.2, 0) is 24.0 Å². The van der Waals surface area contributed by atoms with Crippen molar-refractivity contribution < 1.29 is 14.6 Å². The Labute approximate surface area is 168 Å². The number of aromatic hydroxyl groups is 1. The Hall–Kier alpha value is -2.49. The molecule has 2 aromatic rings. The smallest absolute Gasteiger partial charge is 0.410 e. The van der Waals surface area contributed by atoms with Crippen molar-refractivity contribution in [3.8, 4) is 5.75 Å². The molecule has 1 N–H and O–H groups in total. The number of amides is 1. The quantitative estimate of drug-likeness (QED) is 0.748. The highest BCUT2D eigenvalue weighted by Gasteiger charge is 2.30. The number of benzene rings is 2. The Morgan fingerprint density at radius 3 is 2.61 bits per heavy atom. The molecule has 1 aliphatic rings. The molecule has 4 nitrogen and oxygen atoms in total. The Kier molecular flexibility index (Phi) is 6.28. The Balaban J connectivity index is 1.80. The molecule has 0 radical (unpaired) electrons. The van der Waals surface area contributed by atoms with Crippen LogP contribution in [0, 0.1) is 0 Å². The molecule has 4 heteroatoms. The first-order chi connectivity index (χ1) is 13.3. The van der Waals surface area contributed by atoms with Crippen molar-refractivity contribution in [3.63, 3.8) is 0 Å². The van der Waals surface area contributed by atoms with Crippen LogP contribution in [0.1, 0.15) is 50.3 Å². The Morgan fingerprint density at radius 2 is 1.89 bits per heavy atom. The maximum absolute atomic E-state index is 13.0. The second-order valence-electron chi connectivity index (χ2n) is 8.61. The van der Waals surface area contributed by atoms with Crippen LogP contribution in [0.3, 0.4) is 0 Å². The first-order valence-corrected chi connectivity index (χ1v) is 10.2. The fraction of sp³-hybridized carbons (Fsp3) is 0.458. The Bertz CT molecular complexity index is 795. The highest BCUT2D eigenvalue weighted by molar-refractivity contribution is 5.68. The molecule has 0 bridgehead atoms. The number of nitrogens with zero attached hydrogens (tertiary/aromatic N) is 1. The van der Waals surface area contributed by atoms with Crippen molar-refractivity contribution in [1.82, 2.24) is 4.90 Å². The third kappa shape index (κ3) is 5.51. The lowest BCUT2D eigenvalue weighted by Gasteiger charge is -2.33. The van der Waals surface area contributed by atoms with Crippen LogP contribution in [0.2, 0.25) is 0 Å². The van der Waals surface area contributed by atoms with E-state index < -0.39 is 5.60 Å². The van der Waals surface area contributed by atoms with E-state index in [4.69, 9.17) is 4.74 Å². The summed E-state index contributed by atoms with van der Waals surface area (Å²) in [5.41, 5.74) is 3.11. The van der Waals surface area contributed by atoms with Gasteiger partial charge in [-0.15, -0.1) is 0 Å². The first-order valence-electron chi connectivity index (χ1n) is 10.2. The molecule has 1 aliphatic carbocycles. The predicted molar refractivity (Wildman–Crippen MR) is 112 cm³/mol. The van der Waals surface area contributed by atoms with Gasteiger partial charge in [0.2, 0.25) is 0 Å². The molecule has 0 spiro atoms. The molecule has 1 amide bonds. The molecule has 2 aromatic carbocycles. The summed E-state index contributed by atoms with van der Waals surface area (Å²) in [6.45, 7) is 6.36. The predicted octanol–water partition coefficient (Wildman–Crippen LogP) is 5.12. The van der Waals surface area contributed by atoms with Crippen LogP contribution >= 0.6 is 0 Å². The van der Waals surface area contributed by atoms with Crippen molar-refractivity contribution in [2.75, 3.05) is 6.54 Å². The summed E-state index contributed by atoms with van der Waals surface area (Å²) in [7, 11) is 0. The molecule has 0 fully saturated rings. The highest BCUT2D eigenvalue weighted by atomic mass is 16.6. The molecule has 0 saturated heterocycles. The number of carbonyl (C=O) groups excluding carboxylic acids is 1. The Morgan fingerprint density at radius 1 is 1.14 bits per heavy atom. The number of rotatable bonds is 4. The van der Waals surface area contributed by atoms with Crippen LogP contribution in [0.5, 0.6) is 5.75 Å². The number of hydrogen-bond donors (Lipinski definition) is 1. The maximum Gasteiger partial charge on any atom is 0.410 e. The van der Waals surface area contributed by atoms with Gasteiger partial charge in [0.25, 0.3) is 0 Å². The van der Waals surface area contributed by atoms with Crippen LogP contribution < -0.4 is 0 Å². The fourth-order valence-corrected chi connectivity index (χ4v) is 3.83. The molecule has 28 heavy (non-hydrogen) atoms. The molecule has 0 aliphatic heterocycles. The van der Waals surface area contributed by atoms with Crippen molar-refractivity contribution >= 4 is 6.09 Å². The summed E-state index contributed by atoms with van der Waals surface area (Å²) in [5.74, 6) is 0.310. The number of carbonyl (C=O) groups is 1. The molecule has 0 saturated carbocycles. The zero-order valence-electron chi connectivity index (χ0n) is 17.1. The molecule has 0 heterocycles. The van der Waals surface area contributed by atoms with E-state index in [2.05, 4.69) is 12.1 Å². The lowest BCUT2D eigenvalue weighted by Crippen LogP contribution is -2.45. The largest absolute Gasteiger partial charge is 0.508 e. The van der Waals surface area contributed by atoms with Crippen molar-refractivity contribution in [2.24, 2.45) is 0 Å². The van der Waals surface area contributed by atoms with E-state index in [0.29, 0.717) is 12.3 Å². The zero-order valence-corrected chi connectivity index (χ0v) is 17.1. The van der Waals surface area contributed by atoms with E-state index in [-0.39, 0.29) is 12.1 Å². The molecular weight excluding hydrogens is 350 g/mol. The molecule has 3 rings (SSSR count). The van der Waals surface area contributed by atoms with E-state index in [1.807, 2.05) is 56.0 Å². The molecule has 150 valence electrons. The summed E-state index contributed by atoms with van der Waals surface area (Å²) < 4.78 is 5.74. The lowest BCUT2D eigenvalue weighted by atomic mass is 10.0. The van der Waals surface area contributed by atoms with Crippen LogP contribution in [-0.4, -0.2) is 34.3 Å². The van der Waals surface area contributed by atoms with Crippen molar-refractivity contribution in [1.29, 1.82) is 0 Å². The number of aryl methyl sites for hydroxylation is 1. The van der Waals surface area contributed by atoms with Gasteiger partial charge in [0, 0.05) is 12.6 Å². The summed E-state index contributed by atoms with van der Waals surface area (Å²) in [6, 6.07) is 16.0. The first kappa shape index (κ1) is 20.2. The van der Waals surface area contributed by atoms with Crippen molar-refractivity contribution in [2.45, 2.75) is 64.5 Å². The van der Waals surface area contributed by atoms with Crippen LogP contribution in [0.25, 0.3) is 0 Å². The van der Waals surface area contributed by atoms with Gasteiger partial charge in [-0.25, -0.2) is 4.79 Å². The van der Waals surface area contributed by atoms with Gasteiger partial charge < -0.3 is 14.7 Å². The molecule has 1 atom stereocenters. The lowest BCUT2D eigenvalue weighted by molar-refractivity contribution is 0.0154. The maximum atomic E-state index is 13.0. The summed E-state index contributed by atoms with van der Waals surface area (Å²) in [5, 5.41) is 9.80. The normalized spacial score (nSPS) is 16.8. The number of fused-ring (bicyclic) bond motifs is 1. The summed E-state index contributed by atoms with van der Waals surface area (Å²) >= 11 is 0. The number of ether oxygens (including phenoxy) is 1. The number of hydrogen-bond acceptors (Lipinski definition) is 3. The SMILES string of the molecule is CC(C)(C)OC(=O)N(CCc1ccccc1)C1CCCc2cc(O)ccc2C1. The second-order valence-corrected chi connectivity index (χ2v) is 8.61. The number of phenols is 1. The second kappa shape index (κ2) is 8.68. The van der Waals surface area contributed by atoms with Gasteiger partial charge in [-0.1, -0.05) is 36.4 Å². The minimum atomic E-state index is -0.517. The topological polar surface area (TPSA) is 49.8 Å². The van der Waals surface area contributed by atoms with Gasteiger partial charge in [-0.05, 0) is 81.7 Å². The highest BCUT2D eigenvalue weighted by Crippen LogP contribution is 2.27. The van der Waals surface area contributed by atoms with Gasteiger partial charge in [0.15, 0.2) is 0 Å². The standard InChI is InChI=1S/C24H31NO3/c1-24(2,3)28-23(27)25(15-14-18-8-5-4-6-9-18)21-11-7-10-19-17-22(26)13-12-20(19)16-21/h4-6,8-9,12-13,17,21,26H,7,10-11,14-16H2,1-3H3. The minimum absolute atomic E-state index is 0.101. The fourth-order valence-electron chi connectivity index (χ4n) is 3.83. The third-order valence-electron chi connectivity index (χ3n) is 5.18. The minimum Gasteiger partial charge on any atom is -0.508 e. The van der Waals surface area contributed by atoms with E-state index in [0.717, 1.165) is 32.1 Å². The third-order valence-corrected chi connectivity index (χ3v) is 5.18. The van der Waals surface area contributed by atoms with E-state index in [9.17, 15) is 9.90 Å². The number of phenolic OH excluding ortho intramolecular Hbond substituents is 1.